The molecule has 0 unspecified atom stereocenters. The molecule has 0 aromatic heterocycles. The summed E-state index contributed by atoms with van der Waals surface area (Å²) in [5, 5.41) is 0. The van der Waals surface area contributed by atoms with Crippen LogP contribution in [-0.2, 0) is 9.47 Å². The summed E-state index contributed by atoms with van der Waals surface area (Å²) >= 11 is 0. The molecule has 0 fully saturated rings. The molecule has 0 saturated heterocycles. The first-order valence-electron chi connectivity index (χ1n) is 4.83. The van der Waals surface area contributed by atoms with Gasteiger partial charge < -0.3 is 20.9 Å². The maximum Gasteiger partial charge on any atom is 0.165 e. The molecule has 0 radical (unpaired) electrons. The van der Waals surface area contributed by atoms with E-state index in [2.05, 4.69) is 0 Å². The van der Waals surface area contributed by atoms with Crippen molar-refractivity contribution < 1.29 is 9.47 Å². The van der Waals surface area contributed by atoms with Gasteiger partial charge in [-0.15, -0.1) is 0 Å². The molecule has 0 aliphatic carbocycles. The lowest BCUT2D eigenvalue weighted by Crippen LogP contribution is -2.37. The molecule has 4 nitrogen and oxygen atoms in total. The van der Waals surface area contributed by atoms with E-state index in [0.717, 1.165) is 6.42 Å². The molecule has 0 spiro atoms. The van der Waals surface area contributed by atoms with Gasteiger partial charge in [0, 0.05) is 19.6 Å². The Bertz CT molecular complexity index is 123. The van der Waals surface area contributed by atoms with Crippen LogP contribution in [0.15, 0.2) is 0 Å². The van der Waals surface area contributed by atoms with E-state index < -0.39 is 5.79 Å². The molecule has 0 saturated carbocycles. The van der Waals surface area contributed by atoms with E-state index in [9.17, 15) is 0 Å². The van der Waals surface area contributed by atoms with Gasteiger partial charge >= 0.3 is 0 Å². The number of ether oxygens (including phenoxy) is 2. The third-order valence-corrected chi connectivity index (χ3v) is 1.83. The van der Waals surface area contributed by atoms with Gasteiger partial charge in [-0.25, -0.2) is 0 Å². The van der Waals surface area contributed by atoms with Gasteiger partial charge in [-0.05, 0) is 27.2 Å². The molecule has 0 aromatic rings. The van der Waals surface area contributed by atoms with Crippen molar-refractivity contribution in [3.63, 3.8) is 0 Å². The highest BCUT2D eigenvalue weighted by Gasteiger charge is 2.24. The Kier molecular flexibility index (Phi) is 6.24. The summed E-state index contributed by atoms with van der Waals surface area (Å²) in [6.07, 6.45) is 1.14. The Morgan fingerprint density at radius 3 is 1.92 bits per heavy atom. The van der Waals surface area contributed by atoms with Gasteiger partial charge in [0.2, 0.25) is 0 Å². The average Bonchev–Trinajstić information content (AvgIpc) is 2.02. The van der Waals surface area contributed by atoms with Crippen molar-refractivity contribution in [1.82, 2.24) is 0 Å². The van der Waals surface area contributed by atoms with Gasteiger partial charge in [0.25, 0.3) is 0 Å². The van der Waals surface area contributed by atoms with Crippen molar-refractivity contribution >= 4 is 0 Å². The van der Waals surface area contributed by atoms with Gasteiger partial charge in [-0.3, -0.25) is 0 Å². The molecule has 0 aliphatic heterocycles. The van der Waals surface area contributed by atoms with Crippen LogP contribution in [0.25, 0.3) is 0 Å². The number of nitrogens with two attached hydrogens (primary N) is 2. The predicted octanol–water partition coefficient (Wildman–Crippen LogP) is 0.799. The summed E-state index contributed by atoms with van der Waals surface area (Å²) in [7, 11) is 0. The van der Waals surface area contributed by atoms with Gasteiger partial charge in [0.15, 0.2) is 5.79 Å². The minimum Gasteiger partial charge on any atom is -0.351 e. The third kappa shape index (κ3) is 5.99. The lowest BCUT2D eigenvalue weighted by Gasteiger charge is -2.29. The highest BCUT2D eigenvalue weighted by Crippen LogP contribution is 2.19. The Morgan fingerprint density at radius 1 is 1.15 bits per heavy atom. The topological polar surface area (TPSA) is 70.5 Å². The van der Waals surface area contributed by atoms with E-state index in [1.165, 1.54) is 0 Å². The molecule has 0 aliphatic rings. The molecule has 0 bridgehead atoms. The van der Waals surface area contributed by atoms with Crippen LogP contribution in [0.4, 0.5) is 0 Å². The Hall–Kier alpha value is -0.160. The fourth-order valence-corrected chi connectivity index (χ4v) is 1.23. The maximum atomic E-state index is 5.49. The Labute approximate surface area is 80.6 Å². The lowest BCUT2D eigenvalue weighted by atomic mass is 10.1. The molecule has 4 N–H and O–H groups in total. The second kappa shape index (κ2) is 6.32. The lowest BCUT2D eigenvalue weighted by molar-refractivity contribution is -0.225. The molecular formula is C9H22N2O2. The fourth-order valence-electron chi connectivity index (χ4n) is 1.23. The second-order valence-electron chi connectivity index (χ2n) is 3.20. The summed E-state index contributed by atoms with van der Waals surface area (Å²) in [5.74, 6) is -0.527. The monoisotopic (exact) mass is 190 g/mol. The van der Waals surface area contributed by atoms with Crippen LogP contribution in [0.3, 0.4) is 0 Å². The minimum absolute atomic E-state index is 0.291. The van der Waals surface area contributed by atoms with Crippen LogP contribution in [0.1, 0.15) is 33.6 Å². The van der Waals surface area contributed by atoms with Crippen LogP contribution in [-0.4, -0.2) is 25.2 Å². The maximum absolute atomic E-state index is 5.49. The van der Waals surface area contributed by atoms with Crippen LogP contribution in [0.5, 0.6) is 0 Å². The van der Waals surface area contributed by atoms with Gasteiger partial charge in [-0.1, -0.05) is 0 Å². The number of hydrogen-bond acceptors (Lipinski definition) is 4. The molecule has 0 heterocycles. The predicted molar refractivity (Wildman–Crippen MR) is 53.1 cm³/mol. The van der Waals surface area contributed by atoms with Crippen LogP contribution < -0.4 is 11.5 Å². The summed E-state index contributed by atoms with van der Waals surface area (Å²) in [5.41, 5.74) is 10.9. The number of hydrogen-bond donors (Lipinski definition) is 2. The first-order chi connectivity index (χ1) is 6.04. The largest absolute Gasteiger partial charge is 0.351 e. The van der Waals surface area contributed by atoms with Crippen molar-refractivity contribution in [2.24, 2.45) is 11.5 Å². The quantitative estimate of drug-likeness (QED) is 0.582. The van der Waals surface area contributed by atoms with E-state index in [0.29, 0.717) is 19.6 Å². The Morgan fingerprint density at radius 2 is 1.62 bits per heavy atom. The molecule has 0 aromatic carbocycles. The molecule has 80 valence electrons. The number of rotatable bonds is 7. The normalized spacial score (nSPS) is 12.5. The van der Waals surface area contributed by atoms with Crippen LogP contribution >= 0.6 is 0 Å². The van der Waals surface area contributed by atoms with Gasteiger partial charge in [0.1, 0.15) is 0 Å². The summed E-state index contributed by atoms with van der Waals surface area (Å²) < 4.78 is 11.0. The minimum atomic E-state index is -0.527. The second-order valence-corrected chi connectivity index (χ2v) is 3.20. The van der Waals surface area contributed by atoms with Crippen molar-refractivity contribution in [2.45, 2.75) is 45.6 Å². The van der Waals surface area contributed by atoms with Gasteiger partial charge in [0.05, 0.1) is 6.17 Å². The zero-order chi connectivity index (χ0) is 10.3. The Balaban J connectivity index is 3.91. The zero-order valence-corrected chi connectivity index (χ0v) is 8.88. The molecule has 0 rings (SSSR count). The van der Waals surface area contributed by atoms with Crippen molar-refractivity contribution in [1.29, 1.82) is 0 Å². The third-order valence-electron chi connectivity index (χ3n) is 1.83. The average molecular weight is 190 g/mol. The molecule has 13 heavy (non-hydrogen) atoms. The first kappa shape index (κ1) is 12.8. The van der Waals surface area contributed by atoms with Crippen molar-refractivity contribution in [3.05, 3.63) is 0 Å². The summed E-state index contributed by atoms with van der Waals surface area (Å²) in [4.78, 5) is 0. The first-order valence-corrected chi connectivity index (χ1v) is 4.83. The molecule has 0 amide bonds. The van der Waals surface area contributed by atoms with Crippen LogP contribution in [0.2, 0.25) is 0 Å². The van der Waals surface area contributed by atoms with E-state index in [1.54, 1.807) is 0 Å². The van der Waals surface area contributed by atoms with Crippen molar-refractivity contribution in [3.8, 4) is 0 Å². The molecule has 4 heteroatoms. The van der Waals surface area contributed by atoms with E-state index in [1.807, 2.05) is 20.8 Å². The van der Waals surface area contributed by atoms with Crippen LogP contribution in [0, 0.1) is 0 Å². The molecular weight excluding hydrogens is 168 g/mol. The smallest absolute Gasteiger partial charge is 0.165 e. The standard InChI is InChI=1S/C9H22N2O2/c1-4-12-9(3,13-5-2)7-6-8(10)11/h8H,4-7,10-11H2,1-3H3. The highest BCUT2D eigenvalue weighted by atomic mass is 16.7. The highest BCUT2D eigenvalue weighted by molar-refractivity contribution is 4.66. The van der Waals surface area contributed by atoms with E-state index >= 15 is 0 Å². The zero-order valence-electron chi connectivity index (χ0n) is 8.88. The van der Waals surface area contributed by atoms with E-state index in [4.69, 9.17) is 20.9 Å². The SMILES string of the molecule is CCOC(C)(CCC(N)N)OCC. The van der Waals surface area contributed by atoms with Crippen molar-refractivity contribution in [2.75, 3.05) is 13.2 Å². The van der Waals surface area contributed by atoms with Gasteiger partial charge in [-0.2, -0.15) is 0 Å². The summed E-state index contributed by atoms with van der Waals surface area (Å²) in [6.45, 7) is 7.08. The fraction of sp³-hybridized carbons (Fsp3) is 1.00. The molecule has 0 atom stereocenters. The van der Waals surface area contributed by atoms with E-state index in [-0.39, 0.29) is 6.17 Å². The summed E-state index contributed by atoms with van der Waals surface area (Å²) in [6, 6.07) is 0.